The first-order valence-corrected chi connectivity index (χ1v) is 6.01. The third-order valence-electron chi connectivity index (χ3n) is 3.75. The molecular weight excluding hydrogens is 172 g/mol. The largest absolute Gasteiger partial charge is 0.330 e. The standard InChI is InChI=1S/C12H26N2/c1-10(2)12(5-6-12)9-14-8-11(3)4-7-13/h10-11,14H,4-9,13H2,1-3H3. The molecule has 0 radical (unpaired) electrons. The van der Waals surface area contributed by atoms with Gasteiger partial charge >= 0.3 is 0 Å². The molecule has 0 aliphatic heterocycles. The van der Waals surface area contributed by atoms with E-state index in [0.717, 1.165) is 31.3 Å². The van der Waals surface area contributed by atoms with Gasteiger partial charge in [0.05, 0.1) is 0 Å². The second-order valence-corrected chi connectivity index (χ2v) is 5.33. The van der Waals surface area contributed by atoms with Crippen LogP contribution in [0.4, 0.5) is 0 Å². The highest BCUT2D eigenvalue weighted by Gasteiger charge is 2.44. The second-order valence-electron chi connectivity index (χ2n) is 5.33. The zero-order chi connectivity index (χ0) is 10.6. The zero-order valence-corrected chi connectivity index (χ0v) is 9.97. The van der Waals surface area contributed by atoms with Gasteiger partial charge in [-0.15, -0.1) is 0 Å². The fraction of sp³-hybridized carbons (Fsp3) is 1.00. The molecule has 0 aromatic rings. The van der Waals surface area contributed by atoms with Gasteiger partial charge in [-0.1, -0.05) is 20.8 Å². The molecule has 1 aliphatic rings. The van der Waals surface area contributed by atoms with E-state index < -0.39 is 0 Å². The topological polar surface area (TPSA) is 38.0 Å². The Kier molecular flexibility index (Phi) is 4.39. The maximum Gasteiger partial charge on any atom is 0.00104 e. The molecular formula is C12H26N2. The van der Waals surface area contributed by atoms with E-state index >= 15 is 0 Å². The number of nitrogens with one attached hydrogen (secondary N) is 1. The molecule has 14 heavy (non-hydrogen) atoms. The Morgan fingerprint density at radius 1 is 1.29 bits per heavy atom. The van der Waals surface area contributed by atoms with E-state index in [1.807, 2.05) is 0 Å². The van der Waals surface area contributed by atoms with Crippen LogP contribution in [-0.4, -0.2) is 19.6 Å². The van der Waals surface area contributed by atoms with Gasteiger partial charge in [-0.3, -0.25) is 0 Å². The van der Waals surface area contributed by atoms with Crippen molar-refractivity contribution < 1.29 is 0 Å². The lowest BCUT2D eigenvalue weighted by molar-refractivity contribution is 0.327. The molecule has 0 aromatic heterocycles. The maximum absolute atomic E-state index is 5.52. The summed E-state index contributed by atoms with van der Waals surface area (Å²) in [5.74, 6) is 1.56. The number of nitrogens with two attached hydrogens (primary N) is 1. The molecule has 2 nitrogen and oxygen atoms in total. The average molecular weight is 198 g/mol. The normalized spacial score (nSPS) is 21.2. The summed E-state index contributed by atoms with van der Waals surface area (Å²) in [6, 6.07) is 0. The van der Waals surface area contributed by atoms with Crippen LogP contribution in [0.15, 0.2) is 0 Å². The molecule has 0 spiro atoms. The fourth-order valence-corrected chi connectivity index (χ4v) is 2.07. The van der Waals surface area contributed by atoms with Gasteiger partial charge in [-0.25, -0.2) is 0 Å². The Morgan fingerprint density at radius 2 is 1.93 bits per heavy atom. The zero-order valence-electron chi connectivity index (χ0n) is 9.97. The summed E-state index contributed by atoms with van der Waals surface area (Å²) in [5.41, 5.74) is 6.16. The van der Waals surface area contributed by atoms with Gasteiger partial charge in [0.25, 0.3) is 0 Å². The third kappa shape index (κ3) is 3.25. The highest BCUT2D eigenvalue weighted by molar-refractivity contribution is 4.97. The first-order valence-electron chi connectivity index (χ1n) is 6.01. The van der Waals surface area contributed by atoms with Crippen molar-refractivity contribution in [2.24, 2.45) is 23.0 Å². The first kappa shape index (κ1) is 12.0. The lowest BCUT2D eigenvalue weighted by atomic mass is 9.92. The minimum Gasteiger partial charge on any atom is -0.330 e. The SMILES string of the molecule is CC(CCN)CNCC1(C(C)C)CC1. The fourth-order valence-electron chi connectivity index (χ4n) is 2.07. The molecule has 1 rings (SSSR count). The van der Waals surface area contributed by atoms with Crippen molar-refractivity contribution in [3.05, 3.63) is 0 Å². The van der Waals surface area contributed by atoms with E-state index in [-0.39, 0.29) is 0 Å². The van der Waals surface area contributed by atoms with Crippen LogP contribution in [-0.2, 0) is 0 Å². The van der Waals surface area contributed by atoms with E-state index in [4.69, 9.17) is 5.73 Å². The molecule has 0 bridgehead atoms. The van der Waals surface area contributed by atoms with E-state index in [9.17, 15) is 0 Å². The summed E-state index contributed by atoms with van der Waals surface area (Å²) in [5, 5.41) is 3.60. The van der Waals surface area contributed by atoms with Gasteiger partial charge in [0.2, 0.25) is 0 Å². The summed E-state index contributed by atoms with van der Waals surface area (Å²) >= 11 is 0. The van der Waals surface area contributed by atoms with Gasteiger partial charge in [0, 0.05) is 6.54 Å². The van der Waals surface area contributed by atoms with E-state index in [0.29, 0.717) is 5.41 Å². The Labute approximate surface area is 88.6 Å². The molecule has 84 valence electrons. The van der Waals surface area contributed by atoms with Crippen LogP contribution in [0.1, 0.15) is 40.0 Å². The lowest BCUT2D eigenvalue weighted by Crippen LogP contribution is -2.31. The van der Waals surface area contributed by atoms with E-state index in [1.54, 1.807) is 0 Å². The first-order chi connectivity index (χ1) is 6.60. The minimum atomic E-state index is 0.641. The van der Waals surface area contributed by atoms with Crippen molar-refractivity contribution in [3.8, 4) is 0 Å². The van der Waals surface area contributed by atoms with E-state index in [2.05, 4.69) is 26.1 Å². The number of hydrogen-bond donors (Lipinski definition) is 2. The second kappa shape index (κ2) is 5.13. The highest BCUT2D eigenvalue weighted by Crippen LogP contribution is 2.51. The van der Waals surface area contributed by atoms with Crippen molar-refractivity contribution in [1.29, 1.82) is 0 Å². The van der Waals surface area contributed by atoms with Crippen LogP contribution in [0.3, 0.4) is 0 Å². The minimum absolute atomic E-state index is 0.641. The van der Waals surface area contributed by atoms with Crippen LogP contribution < -0.4 is 11.1 Å². The van der Waals surface area contributed by atoms with Gasteiger partial charge in [-0.05, 0) is 49.6 Å². The molecule has 0 saturated heterocycles. The molecule has 1 unspecified atom stereocenters. The Hall–Kier alpha value is -0.0800. The monoisotopic (exact) mass is 198 g/mol. The quantitative estimate of drug-likeness (QED) is 0.656. The van der Waals surface area contributed by atoms with Gasteiger partial charge in [0.15, 0.2) is 0 Å². The van der Waals surface area contributed by atoms with Gasteiger partial charge in [-0.2, -0.15) is 0 Å². The summed E-state index contributed by atoms with van der Waals surface area (Å²) in [7, 11) is 0. The summed E-state index contributed by atoms with van der Waals surface area (Å²) < 4.78 is 0. The van der Waals surface area contributed by atoms with Crippen LogP contribution in [0.5, 0.6) is 0 Å². The van der Waals surface area contributed by atoms with Crippen molar-refractivity contribution in [2.75, 3.05) is 19.6 Å². The third-order valence-corrected chi connectivity index (χ3v) is 3.75. The Balaban J connectivity index is 2.09. The lowest BCUT2D eigenvalue weighted by Gasteiger charge is -2.21. The van der Waals surface area contributed by atoms with Crippen molar-refractivity contribution in [1.82, 2.24) is 5.32 Å². The molecule has 3 N–H and O–H groups in total. The molecule has 0 heterocycles. The highest BCUT2D eigenvalue weighted by atomic mass is 14.9. The van der Waals surface area contributed by atoms with Crippen molar-refractivity contribution in [2.45, 2.75) is 40.0 Å². The maximum atomic E-state index is 5.52. The molecule has 1 saturated carbocycles. The molecule has 2 heteroatoms. The van der Waals surface area contributed by atoms with E-state index in [1.165, 1.54) is 19.4 Å². The van der Waals surface area contributed by atoms with Gasteiger partial charge < -0.3 is 11.1 Å². The summed E-state index contributed by atoms with van der Waals surface area (Å²) in [4.78, 5) is 0. The number of rotatable bonds is 7. The average Bonchev–Trinajstić information content (AvgIpc) is 2.86. The van der Waals surface area contributed by atoms with Crippen LogP contribution >= 0.6 is 0 Å². The molecule has 1 fully saturated rings. The summed E-state index contributed by atoms with van der Waals surface area (Å²) in [6.45, 7) is 10.1. The van der Waals surface area contributed by atoms with Crippen molar-refractivity contribution in [3.63, 3.8) is 0 Å². The van der Waals surface area contributed by atoms with Crippen LogP contribution in [0, 0.1) is 17.3 Å². The van der Waals surface area contributed by atoms with Crippen molar-refractivity contribution >= 4 is 0 Å². The molecule has 1 atom stereocenters. The smallest absolute Gasteiger partial charge is 0.00104 e. The molecule has 0 aromatic carbocycles. The molecule has 1 aliphatic carbocycles. The van der Waals surface area contributed by atoms with Crippen LogP contribution in [0.2, 0.25) is 0 Å². The Morgan fingerprint density at radius 3 is 2.36 bits per heavy atom. The number of hydrogen-bond acceptors (Lipinski definition) is 2. The summed E-state index contributed by atoms with van der Waals surface area (Å²) in [6.07, 6.45) is 3.98. The van der Waals surface area contributed by atoms with Crippen LogP contribution in [0.25, 0.3) is 0 Å². The predicted octanol–water partition coefficient (Wildman–Crippen LogP) is 2.00. The Bertz CT molecular complexity index is 162. The predicted molar refractivity (Wildman–Crippen MR) is 62.2 cm³/mol. The molecule has 0 amide bonds. The van der Waals surface area contributed by atoms with Gasteiger partial charge in [0.1, 0.15) is 0 Å².